The number of ether oxygens (including phenoxy) is 1. The van der Waals surface area contributed by atoms with Gasteiger partial charge >= 0.3 is 0 Å². The topological polar surface area (TPSA) is 82.3 Å². The van der Waals surface area contributed by atoms with Crippen molar-refractivity contribution in [3.05, 3.63) is 0 Å². The Bertz CT molecular complexity index is 277. The summed E-state index contributed by atoms with van der Waals surface area (Å²) in [5.41, 5.74) is -0.508. The van der Waals surface area contributed by atoms with E-state index in [0.29, 0.717) is 0 Å². The van der Waals surface area contributed by atoms with Gasteiger partial charge in [0, 0.05) is 0 Å². The Kier molecular flexibility index (Phi) is 3.27. The zero-order chi connectivity index (χ0) is 11.0. The summed E-state index contributed by atoms with van der Waals surface area (Å²) in [4.78, 5) is 3.92. The second-order valence-electron chi connectivity index (χ2n) is 3.47. The normalized spacial score (nSPS) is 45.1. The minimum absolute atomic E-state index is 0.259. The third kappa shape index (κ3) is 1.90. The second kappa shape index (κ2) is 4.34. The van der Waals surface area contributed by atoms with Gasteiger partial charge in [-0.25, -0.2) is 4.39 Å². The molecule has 3 N–H and O–H groups in total. The van der Waals surface area contributed by atoms with Crippen molar-refractivity contribution in [2.24, 2.45) is 4.99 Å². The van der Waals surface area contributed by atoms with Crippen molar-refractivity contribution in [3.63, 3.8) is 0 Å². The number of alkyl halides is 1. The van der Waals surface area contributed by atoms with E-state index in [1.165, 1.54) is 0 Å². The van der Waals surface area contributed by atoms with Gasteiger partial charge in [-0.3, -0.25) is 4.99 Å². The predicted molar refractivity (Wildman–Crippen MR) is 52.5 cm³/mol. The van der Waals surface area contributed by atoms with E-state index in [4.69, 9.17) is 9.84 Å². The summed E-state index contributed by atoms with van der Waals surface area (Å²) in [7, 11) is 0. The molecule has 2 rings (SSSR count). The van der Waals surface area contributed by atoms with Crippen LogP contribution in [0.15, 0.2) is 4.99 Å². The fourth-order valence-corrected chi connectivity index (χ4v) is 2.77. The zero-order valence-electron chi connectivity index (χ0n) is 7.78. The van der Waals surface area contributed by atoms with Crippen LogP contribution in [0.5, 0.6) is 0 Å². The molecule has 15 heavy (non-hydrogen) atoms. The number of hydrogen-bond acceptors (Lipinski definition) is 6. The molecule has 2 aliphatic rings. The van der Waals surface area contributed by atoms with E-state index in [9.17, 15) is 14.6 Å². The summed E-state index contributed by atoms with van der Waals surface area (Å²) in [6, 6.07) is -0.640. The Morgan fingerprint density at radius 2 is 2.13 bits per heavy atom. The first-order valence-electron chi connectivity index (χ1n) is 4.59. The number of hydrogen-bond donors (Lipinski definition) is 3. The minimum Gasteiger partial charge on any atom is -0.394 e. The van der Waals surface area contributed by atoms with E-state index in [2.05, 4.69) is 4.99 Å². The lowest BCUT2D eigenvalue weighted by atomic mass is 9.99. The number of halogens is 1. The van der Waals surface area contributed by atoms with Crippen LogP contribution in [0.1, 0.15) is 0 Å². The van der Waals surface area contributed by atoms with Crippen molar-refractivity contribution in [1.29, 1.82) is 0 Å². The molecule has 5 nitrogen and oxygen atoms in total. The second-order valence-corrected chi connectivity index (χ2v) is 4.64. The number of aliphatic hydroxyl groups excluding tert-OH is 3. The van der Waals surface area contributed by atoms with E-state index in [0.717, 1.165) is 11.8 Å². The largest absolute Gasteiger partial charge is 0.394 e. The van der Waals surface area contributed by atoms with Gasteiger partial charge in [-0.2, -0.15) is 0 Å². The molecule has 0 aromatic heterocycles. The first-order valence-corrected chi connectivity index (χ1v) is 5.47. The molecule has 0 aromatic rings. The van der Waals surface area contributed by atoms with Crippen LogP contribution in [0, 0.1) is 0 Å². The smallest absolute Gasteiger partial charge is 0.137 e. The van der Waals surface area contributed by atoms with Crippen LogP contribution in [0.3, 0.4) is 0 Å². The van der Waals surface area contributed by atoms with E-state index >= 15 is 0 Å². The maximum absolute atomic E-state index is 12.3. The van der Waals surface area contributed by atoms with Gasteiger partial charge in [-0.15, -0.1) is 0 Å². The lowest BCUT2D eigenvalue weighted by Gasteiger charge is -2.37. The van der Waals surface area contributed by atoms with E-state index in [-0.39, 0.29) is 11.7 Å². The molecule has 2 aliphatic heterocycles. The molecule has 0 spiro atoms. The van der Waals surface area contributed by atoms with E-state index in [1.807, 2.05) is 0 Å². The van der Waals surface area contributed by atoms with Crippen molar-refractivity contribution < 1.29 is 24.4 Å². The Balaban J connectivity index is 2.12. The monoisotopic (exact) mass is 237 g/mol. The van der Waals surface area contributed by atoms with Gasteiger partial charge in [-0.05, 0) is 0 Å². The Labute approximate surface area is 90.0 Å². The third-order valence-electron chi connectivity index (χ3n) is 2.51. The molecule has 1 saturated heterocycles. The summed E-state index contributed by atoms with van der Waals surface area (Å²) in [6.07, 6.45) is -3.13. The van der Waals surface area contributed by atoms with Crippen LogP contribution in [0.2, 0.25) is 0 Å². The highest BCUT2D eigenvalue weighted by molar-refractivity contribution is 8.14. The number of rotatable bonds is 2. The summed E-state index contributed by atoms with van der Waals surface area (Å²) >= 11 is 1.09. The number of fused-ring (bicyclic) bond motifs is 1. The Morgan fingerprint density at radius 1 is 1.40 bits per heavy atom. The molecule has 2 heterocycles. The SMILES string of the molecule is OCC1OC2SC(CF)=NC2C(O)C1O. The fourth-order valence-electron chi connectivity index (χ4n) is 1.70. The summed E-state index contributed by atoms with van der Waals surface area (Å²) in [5, 5.41) is 28.4. The van der Waals surface area contributed by atoms with Gasteiger partial charge in [0.15, 0.2) is 0 Å². The molecular formula is C8H12FNO4S. The van der Waals surface area contributed by atoms with Crippen LogP contribution in [0.25, 0.3) is 0 Å². The van der Waals surface area contributed by atoms with Gasteiger partial charge in [0.05, 0.1) is 6.61 Å². The molecule has 0 amide bonds. The maximum Gasteiger partial charge on any atom is 0.137 e. The zero-order valence-corrected chi connectivity index (χ0v) is 8.60. The number of aliphatic hydroxyl groups is 3. The van der Waals surface area contributed by atoms with Crippen molar-refractivity contribution in [1.82, 2.24) is 0 Å². The molecule has 5 atom stereocenters. The van der Waals surface area contributed by atoms with E-state index < -0.39 is 36.5 Å². The predicted octanol–water partition coefficient (Wildman–Crippen LogP) is -1.09. The average Bonchev–Trinajstić information content (AvgIpc) is 2.66. The molecule has 0 aliphatic carbocycles. The van der Waals surface area contributed by atoms with Gasteiger partial charge in [0.2, 0.25) is 0 Å². The average molecular weight is 237 g/mol. The van der Waals surface area contributed by atoms with Gasteiger partial charge in [-0.1, -0.05) is 11.8 Å². The van der Waals surface area contributed by atoms with Crippen molar-refractivity contribution >= 4 is 16.8 Å². The minimum atomic E-state index is -1.18. The molecule has 1 fully saturated rings. The van der Waals surface area contributed by atoms with Crippen LogP contribution < -0.4 is 0 Å². The van der Waals surface area contributed by atoms with Crippen LogP contribution >= 0.6 is 11.8 Å². The molecule has 86 valence electrons. The van der Waals surface area contributed by atoms with Gasteiger partial charge < -0.3 is 20.1 Å². The molecule has 7 heteroatoms. The first-order chi connectivity index (χ1) is 7.17. The quantitative estimate of drug-likeness (QED) is 0.568. The molecular weight excluding hydrogens is 225 g/mol. The highest BCUT2D eigenvalue weighted by Crippen LogP contribution is 2.36. The molecule has 0 bridgehead atoms. The van der Waals surface area contributed by atoms with Gasteiger partial charge in [0.25, 0.3) is 0 Å². The lowest BCUT2D eigenvalue weighted by molar-refractivity contribution is -0.164. The summed E-state index contributed by atoms with van der Waals surface area (Å²) < 4.78 is 17.6. The maximum atomic E-state index is 12.3. The van der Waals surface area contributed by atoms with Crippen LogP contribution in [-0.2, 0) is 4.74 Å². The van der Waals surface area contributed by atoms with Crippen molar-refractivity contribution in [2.45, 2.75) is 29.8 Å². The fraction of sp³-hybridized carbons (Fsp3) is 0.875. The third-order valence-corrected chi connectivity index (χ3v) is 3.62. The molecule has 5 unspecified atom stereocenters. The number of aliphatic imine (C=N–C) groups is 1. The molecule has 0 radical (unpaired) electrons. The number of thioether (sulfide) groups is 1. The summed E-state index contributed by atoms with van der Waals surface area (Å²) in [6.45, 7) is -1.08. The van der Waals surface area contributed by atoms with Gasteiger partial charge in [0.1, 0.15) is 41.5 Å². The van der Waals surface area contributed by atoms with Crippen molar-refractivity contribution in [2.75, 3.05) is 13.3 Å². The molecule has 0 aromatic carbocycles. The summed E-state index contributed by atoms with van der Waals surface area (Å²) in [5.74, 6) is 0. The van der Waals surface area contributed by atoms with Crippen LogP contribution in [-0.4, -0.2) is 63.4 Å². The number of nitrogens with zero attached hydrogens (tertiary/aromatic N) is 1. The molecule has 0 saturated carbocycles. The first kappa shape index (κ1) is 11.3. The standard InChI is InChI=1S/C8H12FNO4S/c9-1-4-10-5-7(13)6(12)3(2-11)14-8(5)15-4/h3,5-8,11-13H,1-2H2. The Hall–Kier alpha value is -0.210. The highest BCUT2D eigenvalue weighted by Gasteiger charge is 2.47. The van der Waals surface area contributed by atoms with Crippen LogP contribution in [0.4, 0.5) is 4.39 Å². The van der Waals surface area contributed by atoms with E-state index in [1.54, 1.807) is 0 Å². The van der Waals surface area contributed by atoms with Crippen molar-refractivity contribution in [3.8, 4) is 0 Å². The highest BCUT2D eigenvalue weighted by atomic mass is 32.2. The lowest BCUT2D eigenvalue weighted by Crippen LogP contribution is -2.55. The Morgan fingerprint density at radius 3 is 2.73 bits per heavy atom.